The standard InChI is InChI=1S/C24H25N5O3/c1-4-32-24(31)20-15-21(29(27-20)19-13-9-6-10-14-19)23(30)25-22-16(2)26-28(17(22)3)18-11-7-5-8-12-18/h5-14,21H,4,15H2,1-3H3,(H,25,30). The van der Waals surface area contributed by atoms with Crippen molar-refractivity contribution in [3.05, 3.63) is 72.1 Å². The summed E-state index contributed by atoms with van der Waals surface area (Å²) in [4.78, 5) is 25.7. The smallest absolute Gasteiger partial charge is 0.354 e. The number of nitrogens with zero attached hydrogens (tertiary/aromatic N) is 4. The lowest BCUT2D eigenvalue weighted by atomic mass is 10.1. The summed E-state index contributed by atoms with van der Waals surface area (Å²) in [5.41, 5.74) is 4.03. The fraction of sp³-hybridized carbons (Fsp3) is 0.250. The third kappa shape index (κ3) is 4.12. The Morgan fingerprint density at radius 3 is 2.28 bits per heavy atom. The SMILES string of the molecule is CCOC(=O)C1=NN(c2ccccc2)C(C(=O)Nc2c(C)nn(-c3ccccc3)c2C)C1. The van der Waals surface area contributed by atoms with Crippen molar-refractivity contribution in [3.8, 4) is 5.69 Å². The molecule has 0 aliphatic carbocycles. The third-order valence-electron chi connectivity index (χ3n) is 5.29. The first-order valence-electron chi connectivity index (χ1n) is 10.5. The summed E-state index contributed by atoms with van der Waals surface area (Å²) in [6, 6.07) is 18.4. The highest BCUT2D eigenvalue weighted by molar-refractivity contribution is 6.38. The predicted octanol–water partition coefficient (Wildman–Crippen LogP) is 3.63. The van der Waals surface area contributed by atoms with Crippen molar-refractivity contribution in [3.63, 3.8) is 0 Å². The van der Waals surface area contributed by atoms with Gasteiger partial charge in [-0.15, -0.1) is 0 Å². The molecule has 0 spiro atoms. The first-order chi connectivity index (χ1) is 15.5. The molecule has 1 atom stereocenters. The molecule has 3 aromatic rings. The van der Waals surface area contributed by atoms with Gasteiger partial charge >= 0.3 is 5.97 Å². The molecular weight excluding hydrogens is 406 g/mol. The largest absolute Gasteiger partial charge is 0.461 e. The summed E-state index contributed by atoms with van der Waals surface area (Å²) in [6.45, 7) is 5.75. The molecule has 4 rings (SSSR count). The molecule has 0 fully saturated rings. The Bertz CT molecular complexity index is 1160. The molecule has 2 aromatic carbocycles. The summed E-state index contributed by atoms with van der Waals surface area (Å²) < 4.78 is 6.91. The highest BCUT2D eigenvalue weighted by atomic mass is 16.5. The fourth-order valence-corrected chi connectivity index (χ4v) is 3.72. The number of para-hydroxylation sites is 2. The van der Waals surface area contributed by atoms with Crippen LogP contribution in [0.1, 0.15) is 24.7 Å². The summed E-state index contributed by atoms with van der Waals surface area (Å²) in [6.07, 6.45) is 0.157. The van der Waals surface area contributed by atoms with Crippen LogP contribution in [0.3, 0.4) is 0 Å². The molecule has 1 aromatic heterocycles. The van der Waals surface area contributed by atoms with E-state index in [2.05, 4.69) is 15.5 Å². The van der Waals surface area contributed by atoms with Crippen molar-refractivity contribution in [2.45, 2.75) is 33.2 Å². The van der Waals surface area contributed by atoms with Gasteiger partial charge in [0.15, 0.2) is 0 Å². The van der Waals surface area contributed by atoms with Gasteiger partial charge in [0.05, 0.1) is 35.1 Å². The molecular formula is C24H25N5O3. The first kappa shape index (κ1) is 21.3. The van der Waals surface area contributed by atoms with Gasteiger partial charge in [-0.1, -0.05) is 36.4 Å². The van der Waals surface area contributed by atoms with Gasteiger partial charge in [0, 0.05) is 6.42 Å². The second-order valence-electron chi connectivity index (χ2n) is 7.45. The van der Waals surface area contributed by atoms with Crippen LogP contribution in [0, 0.1) is 13.8 Å². The molecule has 0 bridgehead atoms. The topological polar surface area (TPSA) is 88.8 Å². The number of nitrogens with one attached hydrogen (secondary N) is 1. The summed E-state index contributed by atoms with van der Waals surface area (Å²) in [7, 11) is 0. The van der Waals surface area contributed by atoms with Crippen LogP contribution in [0.25, 0.3) is 5.69 Å². The number of benzene rings is 2. The van der Waals surface area contributed by atoms with E-state index in [1.165, 1.54) is 0 Å². The summed E-state index contributed by atoms with van der Waals surface area (Å²) in [5, 5.41) is 13.6. The maximum Gasteiger partial charge on any atom is 0.354 e. The van der Waals surface area contributed by atoms with Crippen LogP contribution >= 0.6 is 0 Å². The van der Waals surface area contributed by atoms with Gasteiger partial charge in [0.2, 0.25) is 5.91 Å². The zero-order chi connectivity index (χ0) is 22.7. The maximum atomic E-state index is 13.4. The number of aromatic nitrogens is 2. The van der Waals surface area contributed by atoms with Crippen LogP contribution in [-0.2, 0) is 14.3 Å². The van der Waals surface area contributed by atoms with E-state index in [1.54, 1.807) is 16.6 Å². The number of hydrogen-bond acceptors (Lipinski definition) is 6. The van der Waals surface area contributed by atoms with Crippen LogP contribution in [-0.4, -0.2) is 40.0 Å². The van der Waals surface area contributed by atoms with Gasteiger partial charge in [0.1, 0.15) is 11.8 Å². The molecule has 164 valence electrons. The van der Waals surface area contributed by atoms with Crippen molar-refractivity contribution >= 4 is 29.0 Å². The van der Waals surface area contributed by atoms with Gasteiger partial charge in [-0.05, 0) is 45.0 Å². The van der Waals surface area contributed by atoms with Crippen molar-refractivity contribution < 1.29 is 14.3 Å². The summed E-state index contributed by atoms with van der Waals surface area (Å²) >= 11 is 0. The predicted molar refractivity (Wildman–Crippen MR) is 123 cm³/mol. The Hall–Kier alpha value is -3.94. The van der Waals surface area contributed by atoms with Gasteiger partial charge in [-0.3, -0.25) is 9.80 Å². The minimum Gasteiger partial charge on any atom is -0.461 e. The maximum absolute atomic E-state index is 13.4. The number of amides is 1. The number of rotatable bonds is 6. The molecule has 1 aliphatic rings. The minimum atomic E-state index is -0.685. The van der Waals surface area contributed by atoms with E-state index >= 15 is 0 Å². The normalized spacial score (nSPS) is 15.4. The Kier molecular flexibility index (Phi) is 6.02. The Morgan fingerprint density at radius 1 is 1.03 bits per heavy atom. The lowest BCUT2D eigenvalue weighted by molar-refractivity contribution is -0.135. The van der Waals surface area contributed by atoms with Crippen LogP contribution in [0.4, 0.5) is 11.4 Å². The molecule has 1 N–H and O–H groups in total. The molecule has 32 heavy (non-hydrogen) atoms. The van der Waals surface area contributed by atoms with Crippen LogP contribution < -0.4 is 10.3 Å². The number of hydrazone groups is 1. The van der Waals surface area contributed by atoms with Crippen molar-refractivity contribution in [1.29, 1.82) is 0 Å². The van der Waals surface area contributed by atoms with Crippen molar-refractivity contribution in [2.24, 2.45) is 5.10 Å². The zero-order valence-electron chi connectivity index (χ0n) is 18.3. The Labute approximate surface area is 186 Å². The molecule has 0 radical (unpaired) electrons. The fourth-order valence-electron chi connectivity index (χ4n) is 3.72. The lowest BCUT2D eigenvalue weighted by Gasteiger charge is -2.22. The molecule has 8 heteroatoms. The van der Waals surface area contributed by atoms with Crippen LogP contribution in [0.2, 0.25) is 0 Å². The van der Waals surface area contributed by atoms with Gasteiger partial charge in [-0.25, -0.2) is 9.48 Å². The Morgan fingerprint density at radius 2 is 1.66 bits per heavy atom. The minimum absolute atomic E-state index is 0.157. The number of ether oxygens (including phenoxy) is 1. The van der Waals surface area contributed by atoms with Crippen LogP contribution in [0.5, 0.6) is 0 Å². The van der Waals surface area contributed by atoms with Gasteiger partial charge < -0.3 is 10.1 Å². The van der Waals surface area contributed by atoms with E-state index in [0.717, 1.165) is 17.1 Å². The van der Waals surface area contributed by atoms with Gasteiger partial charge in [0.25, 0.3) is 0 Å². The number of aryl methyl sites for hydroxylation is 1. The monoisotopic (exact) mass is 431 g/mol. The first-order valence-corrected chi connectivity index (χ1v) is 10.5. The molecule has 8 nitrogen and oxygen atoms in total. The van der Waals surface area contributed by atoms with E-state index in [9.17, 15) is 9.59 Å². The number of hydrogen-bond donors (Lipinski definition) is 1. The Balaban J connectivity index is 1.61. The number of anilines is 2. The van der Waals surface area contributed by atoms with E-state index < -0.39 is 12.0 Å². The zero-order valence-corrected chi connectivity index (χ0v) is 18.3. The average molecular weight is 431 g/mol. The molecule has 1 unspecified atom stereocenters. The number of carbonyl (C=O) groups is 2. The molecule has 1 amide bonds. The van der Waals surface area contributed by atoms with E-state index in [-0.39, 0.29) is 24.6 Å². The molecule has 0 saturated heterocycles. The summed E-state index contributed by atoms with van der Waals surface area (Å²) in [5.74, 6) is -0.774. The second kappa shape index (κ2) is 9.05. The van der Waals surface area contributed by atoms with Crippen LogP contribution in [0.15, 0.2) is 65.8 Å². The van der Waals surface area contributed by atoms with E-state index in [1.807, 2.05) is 74.5 Å². The van der Waals surface area contributed by atoms with E-state index in [0.29, 0.717) is 11.4 Å². The average Bonchev–Trinajstić information content (AvgIpc) is 3.38. The number of carbonyl (C=O) groups excluding carboxylic acids is 2. The highest BCUT2D eigenvalue weighted by Crippen LogP contribution is 2.28. The molecule has 1 aliphatic heterocycles. The van der Waals surface area contributed by atoms with E-state index in [4.69, 9.17) is 4.74 Å². The quantitative estimate of drug-likeness (QED) is 0.602. The lowest BCUT2D eigenvalue weighted by Crippen LogP contribution is -2.39. The third-order valence-corrected chi connectivity index (χ3v) is 5.29. The molecule has 2 heterocycles. The van der Waals surface area contributed by atoms with Gasteiger partial charge in [-0.2, -0.15) is 10.2 Å². The van der Waals surface area contributed by atoms with Crippen molar-refractivity contribution in [1.82, 2.24) is 9.78 Å². The molecule has 0 saturated carbocycles. The second-order valence-corrected chi connectivity index (χ2v) is 7.45. The van der Waals surface area contributed by atoms with Crippen molar-refractivity contribution in [2.75, 3.05) is 16.9 Å². The highest BCUT2D eigenvalue weighted by Gasteiger charge is 2.37. The number of esters is 1.